The Bertz CT molecular complexity index is 646. The average molecular weight is 289 g/mol. The van der Waals surface area contributed by atoms with Crippen LogP contribution in [0, 0.1) is 6.92 Å². The van der Waals surface area contributed by atoms with Crippen molar-refractivity contribution < 1.29 is 9.32 Å². The van der Waals surface area contributed by atoms with Gasteiger partial charge in [-0.3, -0.25) is 9.69 Å². The first-order chi connectivity index (χ1) is 10.1. The van der Waals surface area contributed by atoms with E-state index in [1.54, 1.807) is 13.0 Å². The minimum Gasteiger partial charge on any atom is -0.360 e. The van der Waals surface area contributed by atoms with Crippen molar-refractivity contribution in [2.24, 2.45) is 7.05 Å². The van der Waals surface area contributed by atoms with E-state index in [1.165, 1.54) is 5.69 Å². The van der Waals surface area contributed by atoms with Crippen LogP contribution >= 0.6 is 0 Å². The monoisotopic (exact) mass is 289 g/mol. The quantitative estimate of drug-likeness (QED) is 0.912. The smallest absolute Gasteiger partial charge is 0.226 e. The van der Waals surface area contributed by atoms with Crippen LogP contribution in [-0.2, 0) is 24.8 Å². The maximum Gasteiger partial charge on any atom is 0.226 e. The Morgan fingerprint density at radius 2 is 2.38 bits per heavy atom. The first kappa shape index (κ1) is 13.8. The molecule has 7 nitrogen and oxygen atoms in total. The van der Waals surface area contributed by atoms with E-state index in [2.05, 4.69) is 24.9 Å². The van der Waals surface area contributed by atoms with Crippen molar-refractivity contribution in [1.29, 1.82) is 0 Å². The van der Waals surface area contributed by atoms with Gasteiger partial charge in [0.1, 0.15) is 5.76 Å². The van der Waals surface area contributed by atoms with Gasteiger partial charge >= 0.3 is 0 Å². The summed E-state index contributed by atoms with van der Waals surface area (Å²) in [4.78, 5) is 18.5. The number of aryl methyl sites for hydroxylation is 2. The average Bonchev–Trinajstić information content (AvgIpc) is 3.03. The van der Waals surface area contributed by atoms with Gasteiger partial charge in [-0.2, -0.15) is 0 Å². The molecule has 0 saturated carbocycles. The molecule has 1 aliphatic rings. The van der Waals surface area contributed by atoms with Crippen molar-refractivity contribution in [2.75, 3.05) is 18.4 Å². The Kier molecular flexibility index (Phi) is 3.74. The highest BCUT2D eigenvalue weighted by Gasteiger charge is 2.20. The molecule has 0 radical (unpaired) electrons. The second kappa shape index (κ2) is 5.69. The number of hydrogen-bond donors (Lipinski definition) is 1. The van der Waals surface area contributed by atoms with Crippen molar-refractivity contribution in [1.82, 2.24) is 19.6 Å². The maximum absolute atomic E-state index is 11.9. The molecule has 0 saturated heterocycles. The van der Waals surface area contributed by atoms with Crippen molar-refractivity contribution in [3.8, 4) is 0 Å². The summed E-state index contributed by atoms with van der Waals surface area (Å²) in [6, 6.07) is 1.71. The molecule has 0 unspecified atom stereocenters. The van der Waals surface area contributed by atoms with Crippen molar-refractivity contribution in [3.63, 3.8) is 0 Å². The van der Waals surface area contributed by atoms with Crippen LogP contribution in [0.4, 0.5) is 5.82 Å². The molecule has 7 heteroatoms. The van der Waals surface area contributed by atoms with E-state index in [0.29, 0.717) is 18.0 Å². The fourth-order valence-corrected chi connectivity index (χ4v) is 2.59. The molecule has 2 aromatic heterocycles. The van der Waals surface area contributed by atoms with E-state index in [-0.39, 0.29) is 5.91 Å². The van der Waals surface area contributed by atoms with Gasteiger partial charge in [-0.25, -0.2) is 4.98 Å². The SMILES string of the molecule is Cc1cc(NC(=O)CCN2CCc3c(ncn3C)C2)no1. The summed E-state index contributed by atoms with van der Waals surface area (Å²) < 4.78 is 6.99. The van der Waals surface area contributed by atoms with E-state index in [1.807, 2.05) is 13.4 Å². The van der Waals surface area contributed by atoms with E-state index in [0.717, 1.165) is 31.7 Å². The number of anilines is 1. The number of carbonyl (C=O) groups is 1. The zero-order valence-corrected chi connectivity index (χ0v) is 12.3. The molecule has 2 aromatic rings. The largest absolute Gasteiger partial charge is 0.360 e. The topological polar surface area (TPSA) is 76.2 Å². The normalized spacial score (nSPS) is 15.0. The van der Waals surface area contributed by atoms with Gasteiger partial charge in [0.2, 0.25) is 5.91 Å². The molecular weight excluding hydrogens is 270 g/mol. The van der Waals surface area contributed by atoms with Crippen molar-refractivity contribution >= 4 is 11.7 Å². The summed E-state index contributed by atoms with van der Waals surface area (Å²) in [5.74, 6) is 1.11. The molecular formula is C14H19N5O2. The standard InChI is InChI=1S/C14H19N5O2/c1-10-7-13(17-21-10)16-14(20)4-6-19-5-3-12-11(8-19)15-9-18(12)2/h7,9H,3-6,8H2,1-2H3,(H,16,17,20). The van der Waals surface area contributed by atoms with Gasteiger partial charge in [-0.1, -0.05) is 5.16 Å². The third kappa shape index (κ3) is 3.13. The zero-order valence-electron chi connectivity index (χ0n) is 12.3. The van der Waals surface area contributed by atoms with Gasteiger partial charge in [-0.15, -0.1) is 0 Å². The van der Waals surface area contributed by atoms with Crippen LogP contribution in [-0.4, -0.2) is 38.6 Å². The highest BCUT2D eigenvalue weighted by molar-refractivity contribution is 5.89. The number of amides is 1. The number of fused-ring (bicyclic) bond motifs is 1. The molecule has 0 bridgehead atoms. The molecule has 0 spiro atoms. The Labute approximate surface area is 122 Å². The zero-order chi connectivity index (χ0) is 14.8. The van der Waals surface area contributed by atoms with Gasteiger partial charge in [0.15, 0.2) is 5.82 Å². The van der Waals surface area contributed by atoms with Crippen molar-refractivity contribution in [2.45, 2.75) is 26.3 Å². The van der Waals surface area contributed by atoms with Gasteiger partial charge in [0.05, 0.1) is 12.0 Å². The van der Waals surface area contributed by atoms with Crippen LogP contribution in [0.3, 0.4) is 0 Å². The van der Waals surface area contributed by atoms with Crippen LogP contribution in [0.5, 0.6) is 0 Å². The molecule has 0 fully saturated rings. The second-order valence-electron chi connectivity index (χ2n) is 5.40. The van der Waals surface area contributed by atoms with Crippen molar-refractivity contribution in [3.05, 3.63) is 29.5 Å². The van der Waals surface area contributed by atoms with E-state index >= 15 is 0 Å². The number of nitrogens with zero attached hydrogens (tertiary/aromatic N) is 4. The molecule has 0 aliphatic carbocycles. The maximum atomic E-state index is 11.9. The molecule has 1 aliphatic heterocycles. The first-order valence-corrected chi connectivity index (χ1v) is 7.06. The number of carbonyl (C=O) groups excluding carboxylic acids is 1. The lowest BCUT2D eigenvalue weighted by molar-refractivity contribution is -0.116. The summed E-state index contributed by atoms with van der Waals surface area (Å²) in [6.45, 7) is 4.29. The lowest BCUT2D eigenvalue weighted by atomic mass is 10.1. The molecule has 112 valence electrons. The van der Waals surface area contributed by atoms with Gasteiger partial charge < -0.3 is 14.4 Å². The third-order valence-corrected chi connectivity index (χ3v) is 3.73. The summed E-state index contributed by atoms with van der Waals surface area (Å²) >= 11 is 0. The van der Waals surface area contributed by atoms with E-state index < -0.39 is 0 Å². The Morgan fingerprint density at radius 1 is 1.52 bits per heavy atom. The van der Waals surface area contributed by atoms with Gasteiger partial charge in [0, 0.05) is 51.3 Å². The summed E-state index contributed by atoms with van der Waals surface area (Å²) in [5.41, 5.74) is 2.42. The second-order valence-corrected chi connectivity index (χ2v) is 5.40. The number of hydrogen-bond acceptors (Lipinski definition) is 5. The number of nitrogens with one attached hydrogen (secondary N) is 1. The number of imidazole rings is 1. The number of aromatic nitrogens is 3. The highest BCUT2D eigenvalue weighted by Crippen LogP contribution is 2.17. The minimum atomic E-state index is -0.0462. The molecule has 0 atom stereocenters. The Balaban J connectivity index is 1.48. The van der Waals surface area contributed by atoms with Crippen LogP contribution in [0.15, 0.2) is 16.9 Å². The summed E-state index contributed by atoms with van der Waals surface area (Å²) in [7, 11) is 2.02. The van der Waals surface area contributed by atoms with Gasteiger partial charge in [-0.05, 0) is 6.92 Å². The van der Waals surface area contributed by atoms with E-state index in [4.69, 9.17) is 4.52 Å². The first-order valence-electron chi connectivity index (χ1n) is 7.06. The fourth-order valence-electron chi connectivity index (χ4n) is 2.59. The van der Waals surface area contributed by atoms with E-state index in [9.17, 15) is 4.79 Å². The minimum absolute atomic E-state index is 0.0462. The summed E-state index contributed by atoms with van der Waals surface area (Å²) in [5, 5.41) is 6.49. The van der Waals surface area contributed by atoms with Crippen LogP contribution in [0.2, 0.25) is 0 Å². The predicted octanol–water partition coefficient (Wildman–Crippen LogP) is 1.10. The molecule has 21 heavy (non-hydrogen) atoms. The Hall–Kier alpha value is -2.15. The highest BCUT2D eigenvalue weighted by atomic mass is 16.5. The predicted molar refractivity (Wildman–Crippen MR) is 76.7 cm³/mol. The third-order valence-electron chi connectivity index (χ3n) is 3.73. The summed E-state index contributed by atoms with van der Waals surface area (Å²) in [6.07, 6.45) is 3.28. The molecule has 3 heterocycles. The Morgan fingerprint density at radius 3 is 3.14 bits per heavy atom. The molecule has 1 amide bonds. The molecule has 0 aromatic carbocycles. The molecule has 1 N–H and O–H groups in total. The van der Waals surface area contributed by atoms with Crippen LogP contribution < -0.4 is 5.32 Å². The van der Waals surface area contributed by atoms with Gasteiger partial charge in [0.25, 0.3) is 0 Å². The lowest BCUT2D eigenvalue weighted by Crippen LogP contribution is -2.33. The van der Waals surface area contributed by atoms with Crippen LogP contribution in [0.1, 0.15) is 23.6 Å². The van der Waals surface area contributed by atoms with Crippen LogP contribution in [0.25, 0.3) is 0 Å². The lowest BCUT2D eigenvalue weighted by Gasteiger charge is -2.26. The fraction of sp³-hybridized carbons (Fsp3) is 0.500. The molecule has 3 rings (SSSR count). The number of rotatable bonds is 4.